The lowest BCUT2D eigenvalue weighted by atomic mass is 10.2. The van der Waals surface area contributed by atoms with Crippen LogP contribution in [0.4, 0.5) is 5.95 Å². The number of aryl methyl sites for hydroxylation is 1. The molecule has 3 aromatic heterocycles. The molecule has 0 aromatic carbocycles. The molecule has 11 heteroatoms. The molecular weight excluding hydrogens is 296 g/mol. The molecule has 0 aliphatic heterocycles. The number of nitrogens with zero attached hydrogens (tertiary/aromatic N) is 7. The first-order valence-electron chi connectivity index (χ1n) is 5.74. The van der Waals surface area contributed by atoms with Crippen LogP contribution >= 0.6 is 0 Å². The van der Waals surface area contributed by atoms with Gasteiger partial charge in [-0.1, -0.05) is 0 Å². The van der Waals surface area contributed by atoms with Crippen molar-refractivity contribution in [2.75, 3.05) is 12.0 Å². The van der Waals surface area contributed by atoms with Crippen LogP contribution in [-0.4, -0.2) is 49.4 Å². The van der Waals surface area contributed by atoms with E-state index in [9.17, 15) is 8.42 Å². The van der Waals surface area contributed by atoms with E-state index in [0.29, 0.717) is 11.4 Å². The number of aromatic nitrogens is 7. The zero-order chi connectivity index (χ0) is 15.2. The molecule has 0 unspecified atom stereocenters. The zero-order valence-corrected chi connectivity index (χ0v) is 11.9. The average molecular weight is 306 g/mol. The van der Waals surface area contributed by atoms with Gasteiger partial charge in [0.2, 0.25) is 15.8 Å². The molecule has 10 nitrogen and oxygen atoms in total. The van der Waals surface area contributed by atoms with Gasteiger partial charge in [-0.05, 0) is 12.5 Å². The minimum atomic E-state index is -3.59. The SMILES string of the molecule is Cc1cnncc1-c1nc2nc(S(C)(=O)=O)nc(N)n2n1. The summed E-state index contributed by atoms with van der Waals surface area (Å²) < 4.78 is 24.2. The van der Waals surface area contributed by atoms with Gasteiger partial charge >= 0.3 is 0 Å². The summed E-state index contributed by atoms with van der Waals surface area (Å²) in [4.78, 5) is 11.7. The molecule has 0 saturated carbocycles. The second kappa shape index (κ2) is 4.41. The van der Waals surface area contributed by atoms with Crippen LogP contribution in [0.25, 0.3) is 17.2 Å². The van der Waals surface area contributed by atoms with Gasteiger partial charge in [0.05, 0.1) is 12.4 Å². The summed E-state index contributed by atoms with van der Waals surface area (Å²) >= 11 is 0. The minimum Gasteiger partial charge on any atom is -0.368 e. The van der Waals surface area contributed by atoms with Crippen molar-refractivity contribution >= 4 is 21.6 Å². The number of hydrogen-bond donors (Lipinski definition) is 1. The lowest BCUT2D eigenvalue weighted by molar-refractivity contribution is 0.592. The molecule has 108 valence electrons. The van der Waals surface area contributed by atoms with E-state index in [1.54, 1.807) is 6.20 Å². The monoisotopic (exact) mass is 306 g/mol. The Morgan fingerprint density at radius 1 is 1.14 bits per heavy atom. The summed E-state index contributed by atoms with van der Waals surface area (Å²) in [5.74, 6) is 0.252. The first-order valence-corrected chi connectivity index (χ1v) is 7.63. The third-order valence-corrected chi connectivity index (χ3v) is 3.56. The van der Waals surface area contributed by atoms with Gasteiger partial charge in [-0.2, -0.15) is 29.7 Å². The lowest BCUT2D eigenvalue weighted by Gasteiger charge is -1.99. The highest BCUT2D eigenvalue weighted by Gasteiger charge is 2.18. The Balaban J connectivity index is 2.26. The van der Waals surface area contributed by atoms with E-state index in [-0.39, 0.29) is 11.7 Å². The van der Waals surface area contributed by atoms with Crippen molar-refractivity contribution in [1.82, 2.24) is 34.8 Å². The van der Waals surface area contributed by atoms with Crippen LogP contribution in [0, 0.1) is 6.92 Å². The largest absolute Gasteiger partial charge is 0.368 e. The van der Waals surface area contributed by atoms with Gasteiger partial charge in [0.1, 0.15) is 0 Å². The smallest absolute Gasteiger partial charge is 0.258 e. The van der Waals surface area contributed by atoms with Gasteiger partial charge in [0, 0.05) is 11.8 Å². The quantitative estimate of drug-likeness (QED) is 0.648. The molecule has 0 aliphatic rings. The summed E-state index contributed by atoms with van der Waals surface area (Å²) in [5.41, 5.74) is 7.16. The van der Waals surface area contributed by atoms with E-state index in [1.807, 2.05) is 6.92 Å². The molecule has 2 N–H and O–H groups in total. The van der Waals surface area contributed by atoms with E-state index in [2.05, 4.69) is 30.2 Å². The maximum absolute atomic E-state index is 11.5. The van der Waals surface area contributed by atoms with Crippen molar-refractivity contribution in [2.24, 2.45) is 0 Å². The third-order valence-electron chi connectivity index (χ3n) is 2.72. The molecule has 21 heavy (non-hydrogen) atoms. The molecule has 0 amide bonds. The Kier molecular flexibility index (Phi) is 2.79. The van der Waals surface area contributed by atoms with Crippen molar-refractivity contribution in [3.05, 3.63) is 18.0 Å². The normalized spacial score (nSPS) is 11.9. The lowest BCUT2D eigenvalue weighted by Crippen LogP contribution is -2.11. The molecule has 0 radical (unpaired) electrons. The predicted octanol–water partition coefficient (Wildman–Crippen LogP) is -0.730. The number of nitrogens with two attached hydrogens (primary N) is 1. The Bertz CT molecular complexity index is 949. The highest BCUT2D eigenvalue weighted by Crippen LogP contribution is 2.19. The fourth-order valence-corrected chi connectivity index (χ4v) is 2.19. The number of rotatable bonds is 2. The fourth-order valence-electron chi connectivity index (χ4n) is 1.68. The summed E-state index contributed by atoms with van der Waals surface area (Å²) in [6.45, 7) is 1.83. The van der Waals surface area contributed by atoms with Crippen LogP contribution in [0.15, 0.2) is 17.6 Å². The van der Waals surface area contributed by atoms with Crippen LogP contribution in [0.3, 0.4) is 0 Å². The van der Waals surface area contributed by atoms with Crippen LogP contribution < -0.4 is 5.73 Å². The first kappa shape index (κ1) is 13.3. The number of hydrogen-bond acceptors (Lipinski definition) is 9. The number of anilines is 1. The Labute approximate surface area is 119 Å². The number of fused-ring (bicyclic) bond motifs is 1. The molecule has 0 spiro atoms. The van der Waals surface area contributed by atoms with E-state index in [0.717, 1.165) is 11.8 Å². The molecule has 3 aromatic rings. The van der Waals surface area contributed by atoms with Crippen molar-refractivity contribution in [2.45, 2.75) is 12.1 Å². The van der Waals surface area contributed by atoms with E-state index in [1.165, 1.54) is 10.7 Å². The van der Waals surface area contributed by atoms with Crippen molar-refractivity contribution in [3.8, 4) is 11.4 Å². The predicted molar refractivity (Wildman–Crippen MR) is 71.9 cm³/mol. The van der Waals surface area contributed by atoms with Crippen LogP contribution in [0.2, 0.25) is 0 Å². The van der Waals surface area contributed by atoms with E-state index in [4.69, 9.17) is 5.73 Å². The average Bonchev–Trinajstić information content (AvgIpc) is 2.82. The summed E-state index contributed by atoms with van der Waals surface area (Å²) in [6, 6.07) is 0. The van der Waals surface area contributed by atoms with Gasteiger partial charge in [0.25, 0.3) is 10.9 Å². The molecule has 0 bridgehead atoms. The molecule has 3 heterocycles. The van der Waals surface area contributed by atoms with Gasteiger partial charge < -0.3 is 5.73 Å². The van der Waals surface area contributed by atoms with Gasteiger partial charge in [0.15, 0.2) is 5.82 Å². The van der Waals surface area contributed by atoms with Crippen molar-refractivity contribution < 1.29 is 8.42 Å². The highest BCUT2D eigenvalue weighted by atomic mass is 32.2. The minimum absolute atomic E-state index is 0.0501. The van der Waals surface area contributed by atoms with Crippen molar-refractivity contribution in [1.29, 1.82) is 0 Å². The standard InChI is InChI=1S/C10H10N8O2S/c1-5-3-12-13-4-6(5)7-14-9-16-10(21(2,19)20)15-8(11)18(9)17-7/h3-4H,1-2H3,(H2,11,14,15,16,17). The highest BCUT2D eigenvalue weighted by molar-refractivity contribution is 7.90. The molecular formula is C10H10N8O2S. The van der Waals surface area contributed by atoms with E-state index >= 15 is 0 Å². The van der Waals surface area contributed by atoms with Crippen LogP contribution in [0.5, 0.6) is 0 Å². The summed E-state index contributed by atoms with van der Waals surface area (Å²) in [6.07, 6.45) is 4.07. The van der Waals surface area contributed by atoms with Crippen molar-refractivity contribution in [3.63, 3.8) is 0 Å². The van der Waals surface area contributed by atoms with Gasteiger partial charge in [-0.3, -0.25) is 0 Å². The van der Waals surface area contributed by atoms with E-state index < -0.39 is 15.0 Å². The topological polar surface area (TPSA) is 142 Å². The summed E-state index contributed by atoms with van der Waals surface area (Å²) in [5, 5.41) is 11.3. The molecule has 0 saturated heterocycles. The fraction of sp³-hybridized carbons (Fsp3) is 0.200. The Morgan fingerprint density at radius 2 is 1.86 bits per heavy atom. The Hall–Kier alpha value is -2.69. The molecule has 0 fully saturated rings. The zero-order valence-electron chi connectivity index (χ0n) is 11.1. The van der Waals surface area contributed by atoms with Gasteiger partial charge in [-0.25, -0.2) is 8.42 Å². The van der Waals surface area contributed by atoms with Crippen LogP contribution in [0.1, 0.15) is 5.56 Å². The van der Waals surface area contributed by atoms with Crippen LogP contribution in [-0.2, 0) is 9.84 Å². The number of nitrogen functional groups attached to an aromatic ring is 1. The summed E-state index contributed by atoms with van der Waals surface area (Å²) in [7, 11) is -3.59. The second-order valence-electron chi connectivity index (χ2n) is 4.37. The molecule has 0 aliphatic carbocycles. The second-order valence-corrected chi connectivity index (χ2v) is 6.28. The Morgan fingerprint density at radius 3 is 2.52 bits per heavy atom. The maximum atomic E-state index is 11.5. The number of sulfone groups is 1. The molecule has 0 atom stereocenters. The third kappa shape index (κ3) is 2.27. The van der Waals surface area contributed by atoms with Gasteiger partial charge in [-0.15, -0.1) is 5.10 Å². The maximum Gasteiger partial charge on any atom is 0.258 e. The molecule has 3 rings (SSSR count). The first-order chi connectivity index (χ1) is 9.86.